The molecule has 0 aromatic rings. The summed E-state index contributed by atoms with van der Waals surface area (Å²) in [4.78, 5) is 0. The first kappa shape index (κ1) is 10.3. The Labute approximate surface area is 79.4 Å². The van der Waals surface area contributed by atoms with E-state index in [4.69, 9.17) is 0 Å². The van der Waals surface area contributed by atoms with Crippen LogP contribution in [-0.4, -0.2) is 26.3 Å². The zero-order valence-corrected chi connectivity index (χ0v) is 10.3. The van der Waals surface area contributed by atoms with Crippen LogP contribution in [0.2, 0.25) is 6.55 Å². The number of rotatable bonds is 4. The molecule has 72 valence electrons. The third-order valence-electron chi connectivity index (χ3n) is 3.32. The van der Waals surface area contributed by atoms with Gasteiger partial charge in [0.2, 0.25) is 0 Å². The molecule has 1 atom stereocenters. The van der Waals surface area contributed by atoms with Gasteiger partial charge in [-0.25, -0.2) is 0 Å². The second kappa shape index (κ2) is 5.03. The lowest BCUT2D eigenvalue weighted by Crippen LogP contribution is -2.41. The summed E-state index contributed by atoms with van der Waals surface area (Å²) >= 11 is 0. The van der Waals surface area contributed by atoms with Crippen LogP contribution in [-0.2, 0) is 0 Å². The molecule has 1 unspecified atom stereocenters. The van der Waals surface area contributed by atoms with Gasteiger partial charge in [-0.2, -0.15) is 0 Å². The van der Waals surface area contributed by atoms with E-state index in [-0.39, 0.29) is 9.68 Å². The second-order valence-electron chi connectivity index (χ2n) is 4.03. The van der Waals surface area contributed by atoms with Gasteiger partial charge in [0.05, 0.1) is 9.68 Å². The SMILES string of the molecule is CCC(C)N([SiH2]C)C1CCCC1. The summed E-state index contributed by atoms with van der Waals surface area (Å²) in [7, 11) is 0.0734. The van der Waals surface area contributed by atoms with E-state index in [9.17, 15) is 0 Å². The molecule has 1 nitrogen and oxygen atoms in total. The van der Waals surface area contributed by atoms with Crippen LogP contribution < -0.4 is 0 Å². The Morgan fingerprint density at radius 3 is 2.42 bits per heavy atom. The monoisotopic (exact) mass is 185 g/mol. The summed E-state index contributed by atoms with van der Waals surface area (Å²) in [5, 5.41) is 0. The van der Waals surface area contributed by atoms with Gasteiger partial charge in [-0.15, -0.1) is 0 Å². The molecule has 0 bridgehead atoms. The first-order valence-corrected chi connectivity index (χ1v) is 7.60. The molecule has 0 aromatic heterocycles. The third kappa shape index (κ3) is 2.33. The maximum absolute atomic E-state index is 2.83. The molecule has 0 aliphatic heterocycles. The van der Waals surface area contributed by atoms with Gasteiger partial charge in [0, 0.05) is 6.04 Å². The molecule has 0 aromatic carbocycles. The Balaban J connectivity index is 2.42. The predicted octanol–water partition coefficient (Wildman–Crippen LogP) is 2.16. The van der Waals surface area contributed by atoms with Crippen molar-refractivity contribution in [1.29, 1.82) is 0 Å². The predicted molar refractivity (Wildman–Crippen MR) is 58.3 cm³/mol. The number of hydrogen-bond acceptors (Lipinski definition) is 1. The lowest BCUT2D eigenvalue weighted by molar-refractivity contribution is 0.263. The van der Waals surface area contributed by atoms with E-state index >= 15 is 0 Å². The third-order valence-corrected chi connectivity index (χ3v) is 5.19. The highest BCUT2D eigenvalue weighted by Gasteiger charge is 2.23. The summed E-state index contributed by atoms with van der Waals surface area (Å²) in [6.45, 7) is 7.15. The van der Waals surface area contributed by atoms with E-state index in [2.05, 4.69) is 25.0 Å². The Morgan fingerprint density at radius 1 is 1.42 bits per heavy atom. The van der Waals surface area contributed by atoms with Crippen molar-refractivity contribution in [3.63, 3.8) is 0 Å². The van der Waals surface area contributed by atoms with Gasteiger partial charge in [0.1, 0.15) is 0 Å². The normalized spacial score (nSPS) is 23.0. The van der Waals surface area contributed by atoms with E-state index < -0.39 is 0 Å². The van der Waals surface area contributed by atoms with Gasteiger partial charge in [-0.05, 0) is 25.3 Å². The van der Waals surface area contributed by atoms with Crippen molar-refractivity contribution in [2.24, 2.45) is 0 Å². The molecule has 0 saturated heterocycles. The van der Waals surface area contributed by atoms with E-state index in [0.29, 0.717) is 0 Å². The number of hydrogen-bond donors (Lipinski definition) is 0. The quantitative estimate of drug-likeness (QED) is 0.607. The molecule has 0 spiro atoms. The van der Waals surface area contributed by atoms with E-state index in [1.807, 2.05) is 0 Å². The average Bonchev–Trinajstić information content (AvgIpc) is 2.58. The molecule has 1 rings (SSSR count). The molecule has 2 heteroatoms. The highest BCUT2D eigenvalue weighted by atomic mass is 28.2. The summed E-state index contributed by atoms with van der Waals surface area (Å²) in [6, 6.07) is 1.82. The first-order valence-electron chi connectivity index (χ1n) is 5.55. The summed E-state index contributed by atoms with van der Waals surface area (Å²) in [6.07, 6.45) is 7.24. The van der Waals surface area contributed by atoms with Crippen LogP contribution in [0.25, 0.3) is 0 Å². The molecule has 1 fully saturated rings. The molecule has 1 saturated carbocycles. The molecular formula is C10H23NSi. The van der Waals surface area contributed by atoms with Crippen molar-refractivity contribution in [2.75, 3.05) is 0 Å². The van der Waals surface area contributed by atoms with Crippen LogP contribution in [0.15, 0.2) is 0 Å². The fraction of sp³-hybridized carbons (Fsp3) is 1.00. The molecule has 0 amide bonds. The Bertz CT molecular complexity index is 121. The average molecular weight is 185 g/mol. The van der Waals surface area contributed by atoms with Gasteiger partial charge >= 0.3 is 0 Å². The fourth-order valence-corrected chi connectivity index (χ4v) is 4.16. The smallest absolute Gasteiger partial charge is 0.0926 e. The minimum absolute atomic E-state index is 0.0734. The lowest BCUT2D eigenvalue weighted by Gasteiger charge is -2.33. The molecular weight excluding hydrogens is 162 g/mol. The minimum atomic E-state index is 0.0734. The van der Waals surface area contributed by atoms with Crippen molar-refractivity contribution >= 4 is 9.68 Å². The summed E-state index contributed by atoms with van der Waals surface area (Å²) in [5.41, 5.74) is 0. The lowest BCUT2D eigenvalue weighted by atomic mass is 10.2. The largest absolute Gasteiger partial charge is 0.324 e. The van der Waals surface area contributed by atoms with Gasteiger partial charge in [0.25, 0.3) is 0 Å². The van der Waals surface area contributed by atoms with Crippen LogP contribution >= 0.6 is 0 Å². The van der Waals surface area contributed by atoms with Crippen molar-refractivity contribution < 1.29 is 0 Å². The summed E-state index contributed by atoms with van der Waals surface area (Å²) < 4.78 is 2.83. The first-order chi connectivity index (χ1) is 5.79. The zero-order valence-electron chi connectivity index (χ0n) is 8.84. The second-order valence-corrected chi connectivity index (χ2v) is 5.39. The van der Waals surface area contributed by atoms with Crippen LogP contribution in [0, 0.1) is 0 Å². The van der Waals surface area contributed by atoms with E-state index in [0.717, 1.165) is 12.1 Å². The topological polar surface area (TPSA) is 3.24 Å². The Hall–Kier alpha value is 0.177. The molecule has 0 N–H and O–H groups in total. The maximum Gasteiger partial charge on any atom is 0.0926 e. The van der Waals surface area contributed by atoms with Crippen LogP contribution in [0.3, 0.4) is 0 Å². The van der Waals surface area contributed by atoms with Crippen LogP contribution in [0.4, 0.5) is 0 Å². The van der Waals surface area contributed by atoms with E-state index in [1.165, 1.54) is 32.1 Å². The Morgan fingerprint density at radius 2 is 2.00 bits per heavy atom. The van der Waals surface area contributed by atoms with Gasteiger partial charge in [-0.3, -0.25) is 0 Å². The van der Waals surface area contributed by atoms with Crippen molar-refractivity contribution in [3.05, 3.63) is 0 Å². The number of nitrogens with zero attached hydrogens (tertiary/aromatic N) is 1. The van der Waals surface area contributed by atoms with Gasteiger partial charge in [0.15, 0.2) is 0 Å². The molecule has 12 heavy (non-hydrogen) atoms. The minimum Gasteiger partial charge on any atom is -0.324 e. The van der Waals surface area contributed by atoms with Gasteiger partial charge in [-0.1, -0.05) is 33.2 Å². The molecule has 1 aliphatic carbocycles. The highest BCUT2D eigenvalue weighted by Crippen LogP contribution is 2.24. The standard InChI is InChI=1S/C10H23NSi/c1-4-9(2)11(12-3)10-7-5-6-8-10/h9-10H,4-8,12H2,1-3H3. The van der Waals surface area contributed by atoms with Crippen molar-refractivity contribution in [2.45, 2.75) is 64.6 Å². The van der Waals surface area contributed by atoms with Crippen molar-refractivity contribution in [3.8, 4) is 0 Å². The van der Waals surface area contributed by atoms with Crippen LogP contribution in [0.5, 0.6) is 0 Å². The van der Waals surface area contributed by atoms with Gasteiger partial charge < -0.3 is 4.57 Å². The Kier molecular flexibility index (Phi) is 4.30. The fourth-order valence-electron chi connectivity index (χ4n) is 2.40. The van der Waals surface area contributed by atoms with Crippen LogP contribution in [0.1, 0.15) is 46.0 Å². The molecule has 1 aliphatic rings. The molecule has 0 radical (unpaired) electrons. The maximum atomic E-state index is 2.83. The van der Waals surface area contributed by atoms with E-state index in [1.54, 1.807) is 0 Å². The zero-order chi connectivity index (χ0) is 8.97. The molecule has 0 heterocycles. The van der Waals surface area contributed by atoms with Crippen molar-refractivity contribution in [1.82, 2.24) is 4.57 Å². The highest BCUT2D eigenvalue weighted by molar-refractivity contribution is 6.30. The summed E-state index contributed by atoms with van der Waals surface area (Å²) in [5.74, 6) is 0.